The summed E-state index contributed by atoms with van der Waals surface area (Å²) in [5, 5.41) is 2.45. The summed E-state index contributed by atoms with van der Waals surface area (Å²) < 4.78 is 1.55. The predicted molar refractivity (Wildman–Crippen MR) is 80.6 cm³/mol. The molecule has 0 radical (unpaired) electrons. The number of amides is 1. The lowest BCUT2D eigenvalue weighted by Crippen LogP contribution is -2.20. The molecule has 20 heavy (non-hydrogen) atoms. The number of fused-ring (bicyclic) bond motifs is 1. The Morgan fingerprint density at radius 2 is 2.30 bits per heavy atom. The summed E-state index contributed by atoms with van der Waals surface area (Å²) in [5.74, 6) is -0.519. The van der Waals surface area contributed by atoms with Crippen molar-refractivity contribution < 1.29 is 4.79 Å². The van der Waals surface area contributed by atoms with E-state index in [-0.39, 0.29) is 5.56 Å². The fourth-order valence-corrected chi connectivity index (χ4v) is 3.77. The number of nitrogens with zero attached hydrogens (tertiary/aromatic N) is 2. The van der Waals surface area contributed by atoms with Gasteiger partial charge in [-0.15, -0.1) is 22.7 Å². The zero-order valence-corrected chi connectivity index (χ0v) is 12.3. The van der Waals surface area contributed by atoms with E-state index in [0.717, 1.165) is 4.88 Å². The fraction of sp³-hybridized carbons (Fsp3) is 0.154. The van der Waals surface area contributed by atoms with Gasteiger partial charge in [0.1, 0.15) is 4.83 Å². The van der Waals surface area contributed by atoms with Gasteiger partial charge in [-0.25, -0.2) is 4.98 Å². The maximum Gasteiger partial charge on any atom is 0.262 e. The van der Waals surface area contributed by atoms with Gasteiger partial charge in [-0.2, -0.15) is 0 Å². The third kappa shape index (κ3) is 2.04. The molecule has 3 heterocycles. The Morgan fingerprint density at radius 1 is 1.50 bits per heavy atom. The van der Waals surface area contributed by atoms with Crippen molar-refractivity contribution in [2.24, 2.45) is 5.73 Å². The Morgan fingerprint density at radius 3 is 2.95 bits per heavy atom. The van der Waals surface area contributed by atoms with Gasteiger partial charge in [0.15, 0.2) is 0 Å². The smallest absolute Gasteiger partial charge is 0.262 e. The Kier molecular flexibility index (Phi) is 3.15. The summed E-state index contributed by atoms with van der Waals surface area (Å²) in [6.45, 7) is 2.22. The van der Waals surface area contributed by atoms with Crippen LogP contribution in [0.3, 0.4) is 0 Å². The van der Waals surface area contributed by atoms with Gasteiger partial charge in [0, 0.05) is 4.88 Å². The van der Waals surface area contributed by atoms with Crippen LogP contribution in [0.2, 0.25) is 0 Å². The molecule has 0 aromatic carbocycles. The molecule has 3 rings (SSSR count). The molecule has 5 nitrogen and oxygen atoms in total. The van der Waals surface area contributed by atoms with E-state index in [4.69, 9.17) is 5.73 Å². The molecule has 0 atom stereocenters. The summed E-state index contributed by atoms with van der Waals surface area (Å²) in [7, 11) is 0. The molecular weight excluding hydrogens is 294 g/mol. The van der Waals surface area contributed by atoms with Crippen molar-refractivity contribution in [3.63, 3.8) is 0 Å². The van der Waals surface area contributed by atoms with Gasteiger partial charge in [-0.3, -0.25) is 14.2 Å². The molecule has 102 valence electrons. The highest BCUT2D eigenvalue weighted by molar-refractivity contribution is 7.20. The number of primary amides is 1. The van der Waals surface area contributed by atoms with Crippen molar-refractivity contribution in [2.75, 3.05) is 0 Å². The lowest BCUT2D eigenvalue weighted by Gasteiger charge is -2.03. The molecule has 0 saturated heterocycles. The predicted octanol–water partition coefficient (Wildman–Crippen LogP) is 1.98. The van der Waals surface area contributed by atoms with Gasteiger partial charge in [-0.1, -0.05) is 6.07 Å². The Labute approximate surface area is 122 Å². The largest absolute Gasteiger partial charge is 0.365 e. The second-order valence-corrected chi connectivity index (χ2v) is 6.39. The lowest BCUT2D eigenvalue weighted by molar-refractivity contribution is 0.100. The van der Waals surface area contributed by atoms with E-state index in [2.05, 4.69) is 4.98 Å². The van der Waals surface area contributed by atoms with Crippen molar-refractivity contribution in [3.05, 3.63) is 49.5 Å². The first kappa shape index (κ1) is 13.0. The second kappa shape index (κ2) is 4.84. The minimum absolute atomic E-state index is 0.135. The van der Waals surface area contributed by atoms with Crippen LogP contribution in [-0.4, -0.2) is 15.5 Å². The van der Waals surface area contributed by atoms with Crippen molar-refractivity contribution in [2.45, 2.75) is 13.5 Å². The van der Waals surface area contributed by atoms with Gasteiger partial charge in [0.2, 0.25) is 0 Å². The van der Waals surface area contributed by atoms with Crippen LogP contribution in [0.5, 0.6) is 0 Å². The zero-order valence-electron chi connectivity index (χ0n) is 10.6. The van der Waals surface area contributed by atoms with E-state index in [0.29, 0.717) is 27.2 Å². The summed E-state index contributed by atoms with van der Waals surface area (Å²) in [5.41, 5.74) is 5.80. The maximum absolute atomic E-state index is 12.5. The average molecular weight is 305 g/mol. The molecule has 0 aliphatic carbocycles. The van der Waals surface area contributed by atoms with Crippen LogP contribution in [0.15, 0.2) is 28.6 Å². The monoisotopic (exact) mass is 305 g/mol. The molecule has 7 heteroatoms. The molecule has 0 saturated carbocycles. The fourth-order valence-electron chi connectivity index (χ4n) is 2.08. The normalized spacial score (nSPS) is 11.1. The van der Waals surface area contributed by atoms with Crippen LogP contribution >= 0.6 is 22.7 Å². The van der Waals surface area contributed by atoms with Gasteiger partial charge in [0.05, 0.1) is 23.1 Å². The zero-order chi connectivity index (χ0) is 14.3. The molecule has 0 bridgehead atoms. The van der Waals surface area contributed by atoms with Crippen LogP contribution in [0.25, 0.3) is 10.2 Å². The number of aryl methyl sites for hydroxylation is 1. The highest BCUT2D eigenvalue weighted by Crippen LogP contribution is 2.26. The Bertz CT molecular complexity index is 846. The first-order valence-corrected chi connectivity index (χ1v) is 7.58. The van der Waals surface area contributed by atoms with Gasteiger partial charge >= 0.3 is 0 Å². The van der Waals surface area contributed by atoms with E-state index in [1.165, 1.54) is 17.7 Å². The highest BCUT2D eigenvalue weighted by Gasteiger charge is 2.17. The molecule has 0 spiro atoms. The van der Waals surface area contributed by atoms with E-state index < -0.39 is 5.91 Å². The number of hydrogen-bond donors (Lipinski definition) is 1. The van der Waals surface area contributed by atoms with Crippen LogP contribution in [0.4, 0.5) is 0 Å². The molecule has 2 N–H and O–H groups in total. The Hall–Kier alpha value is -1.99. The number of thiophene rings is 2. The van der Waals surface area contributed by atoms with E-state index >= 15 is 0 Å². The minimum atomic E-state index is -0.519. The number of aromatic nitrogens is 2. The standard InChI is InChI=1S/C13H11N3O2S2/c1-7-9-12(20-10(7)11(14)17)15-6-16(13(9)18)5-8-3-2-4-19-8/h2-4,6H,5H2,1H3,(H2,14,17). The number of rotatable bonds is 3. The van der Waals surface area contributed by atoms with Crippen molar-refractivity contribution in [3.8, 4) is 0 Å². The topological polar surface area (TPSA) is 78.0 Å². The molecule has 0 aliphatic heterocycles. The van der Waals surface area contributed by atoms with Crippen molar-refractivity contribution in [1.29, 1.82) is 0 Å². The molecule has 0 aliphatic rings. The number of carbonyl (C=O) groups is 1. The van der Waals surface area contributed by atoms with E-state index in [9.17, 15) is 9.59 Å². The van der Waals surface area contributed by atoms with Crippen LogP contribution in [-0.2, 0) is 6.54 Å². The first-order valence-electron chi connectivity index (χ1n) is 5.88. The Balaban J connectivity index is 2.17. The molecule has 1 amide bonds. The molecular formula is C13H11N3O2S2. The van der Waals surface area contributed by atoms with Crippen molar-refractivity contribution in [1.82, 2.24) is 9.55 Å². The summed E-state index contributed by atoms with van der Waals surface area (Å²) in [6.07, 6.45) is 1.52. The minimum Gasteiger partial charge on any atom is -0.365 e. The quantitative estimate of drug-likeness (QED) is 0.803. The first-order chi connectivity index (χ1) is 9.58. The second-order valence-electron chi connectivity index (χ2n) is 4.36. The van der Waals surface area contributed by atoms with Gasteiger partial charge in [-0.05, 0) is 23.9 Å². The number of hydrogen-bond acceptors (Lipinski definition) is 5. The number of carbonyl (C=O) groups excluding carboxylic acids is 1. The van der Waals surface area contributed by atoms with Crippen LogP contribution in [0.1, 0.15) is 20.1 Å². The average Bonchev–Trinajstić information content (AvgIpc) is 3.01. The van der Waals surface area contributed by atoms with Crippen molar-refractivity contribution >= 4 is 38.8 Å². The highest BCUT2D eigenvalue weighted by atomic mass is 32.1. The third-order valence-electron chi connectivity index (χ3n) is 3.05. The molecule has 0 fully saturated rings. The van der Waals surface area contributed by atoms with Gasteiger partial charge < -0.3 is 5.73 Å². The SMILES string of the molecule is Cc1c(C(N)=O)sc2ncn(Cc3cccs3)c(=O)c12. The van der Waals surface area contributed by atoms with E-state index in [1.54, 1.807) is 22.8 Å². The third-order valence-corrected chi connectivity index (χ3v) is 5.12. The summed E-state index contributed by atoms with van der Waals surface area (Å²) in [4.78, 5) is 30.1. The lowest BCUT2D eigenvalue weighted by atomic mass is 10.2. The summed E-state index contributed by atoms with van der Waals surface area (Å²) >= 11 is 2.75. The molecule has 0 unspecified atom stereocenters. The maximum atomic E-state index is 12.5. The van der Waals surface area contributed by atoms with E-state index in [1.807, 2.05) is 17.5 Å². The molecule has 3 aromatic heterocycles. The van der Waals surface area contributed by atoms with Crippen LogP contribution in [0, 0.1) is 6.92 Å². The van der Waals surface area contributed by atoms with Crippen LogP contribution < -0.4 is 11.3 Å². The van der Waals surface area contributed by atoms with Gasteiger partial charge in [0.25, 0.3) is 11.5 Å². The summed E-state index contributed by atoms with van der Waals surface area (Å²) in [6, 6.07) is 3.91. The number of nitrogens with two attached hydrogens (primary N) is 1. The molecule has 3 aromatic rings.